The molecule has 0 aromatic carbocycles. The summed E-state index contributed by atoms with van der Waals surface area (Å²) in [5.41, 5.74) is 0. The highest BCUT2D eigenvalue weighted by Gasteiger charge is 2.27. The fraction of sp³-hybridized carbons (Fsp3) is 0.600. The summed E-state index contributed by atoms with van der Waals surface area (Å²) >= 11 is 0. The summed E-state index contributed by atoms with van der Waals surface area (Å²) in [6, 6.07) is 0. The summed E-state index contributed by atoms with van der Waals surface area (Å²) in [5.74, 6) is -1.06. The van der Waals surface area contributed by atoms with E-state index in [2.05, 4.69) is 44.2 Å². The van der Waals surface area contributed by atoms with Crippen molar-refractivity contribution in [3.8, 4) is 0 Å². The maximum Gasteiger partial charge on any atom is 0.472 e. The zero-order valence-electron chi connectivity index (χ0n) is 38.8. The Labute approximate surface area is 375 Å². The van der Waals surface area contributed by atoms with Gasteiger partial charge in [-0.3, -0.25) is 18.6 Å². The number of phosphoric ester groups is 1. The van der Waals surface area contributed by atoms with Gasteiger partial charge >= 0.3 is 19.8 Å². The van der Waals surface area contributed by atoms with Gasteiger partial charge in [0.1, 0.15) is 19.8 Å². The molecule has 0 aromatic rings. The van der Waals surface area contributed by atoms with Crippen LogP contribution in [0, 0.1) is 0 Å². The third kappa shape index (κ3) is 43.2. The van der Waals surface area contributed by atoms with Crippen LogP contribution in [0.5, 0.6) is 0 Å². The van der Waals surface area contributed by atoms with E-state index in [9.17, 15) is 29.3 Å². The monoisotopic (exact) mass is 889 g/mol. The van der Waals surface area contributed by atoms with Crippen LogP contribution in [0.2, 0.25) is 0 Å². The van der Waals surface area contributed by atoms with Crippen molar-refractivity contribution >= 4 is 19.8 Å². The maximum atomic E-state index is 12.7. The second-order valence-electron chi connectivity index (χ2n) is 16.1. The molecule has 0 aliphatic carbocycles. The van der Waals surface area contributed by atoms with Crippen molar-refractivity contribution in [2.24, 2.45) is 0 Å². The molecule has 3 N–H and O–H groups in total. The normalized spacial score (nSPS) is 15.5. The number of hydrogen-bond acceptors (Lipinski definition) is 9. The van der Waals surface area contributed by atoms with Gasteiger partial charge in [0.15, 0.2) is 6.10 Å². The zero-order chi connectivity index (χ0) is 46.0. The van der Waals surface area contributed by atoms with Gasteiger partial charge < -0.3 is 29.1 Å². The highest BCUT2D eigenvalue weighted by atomic mass is 31.2. The molecule has 12 heteroatoms. The number of quaternary nitrogens is 1. The molecule has 62 heavy (non-hydrogen) atoms. The Morgan fingerprint density at radius 2 is 1.19 bits per heavy atom. The minimum atomic E-state index is -4.45. The molecule has 0 aliphatic heterocycles. The lowest BCUT2D eigenvalue weighted by atomic mass is 10.1. The third-order valence-corrected chi connectivity index (χ3v) is 9.95. The summed E-state index contributed by atoms with van der Waals surface area (Å²) in [7, 11) is 1.30. The van der Waals surface area contributed by atoms with Crippen molar-refractivity contribution < 1.29 is 52.3 Å². The summed E-state index contributed by atoms with van der Waals surface area (Å²) in [6.45, 7) is 3.91. The number of carbonyl (C=O) groups excluding carboxylic acids is 2. The quantitative estimate of drug-likeness (QED) is 0.0136. The highest BCUT2D eigenvalue weighted by Crippen LogP contribution is 2.43. The predicted molar refractivity (Wildman–Crippen MR) is 254 cm³/mol. The third-order valence-electron chi connectivity index (χ3n) is 8.96. The number of allylic oxidation sites excluding steroid dienone is 14. The van der Waals surface area contributed by atoms with Gasteiger partial charge in [0.05, 0.1) is 40.0 Å². The number of phosphoric acid groups is 1. The highest BCUT2D eigenvalue weighted by molar-refractivity contribution is 7.47. The lowest BCUT2D eigenvalue weighted by Gasteiger charge is -2.24. The van der Waals surface area contributed by atoms with E-state index in [0.29, 0.717) is 49.6 Å². The van der Waals surface area contributed by atoms with Crippen LogP contribution in [-0.4, -0.2) is 97.3 Å². The van der Waals surface area contributed by atoms with Crippen LogP contribution >= 0.6 is 7.82 Å². The number of carbonyl (C=O) groups is 2. The van der Waals surface area contributed by atoms with Crippen LogP contribution in [-0.2, 0) is 32.7 Å². The first-order valence-electron chi connectivity index (χ1n) is 22.8. The van der Waals surface area contributed by atoms with E-state index in [4.69, 9.17) is 18.5 Å². The van der Waals surface area contributed by atoms with E-state index in [1.165, 1.54) is 38.5 Å². The van der Waals surface area contributed by atoms with Crippen molar-refractivity contribution in [2.75, 3.05) is 47.5 Å². The Morgan fingerprint density at radius 3 is 1.85 bits per heavy atom. The molecule has 0 rings (SSSR count). The van der Waals surface area contributed by atoms with Crippen LogP contribution < -0.4 is 0 Å². The first kappa shape index (κ1) is 58.6. The van der Waals surface area contributed by atoms with Gasteiger partial charge in [0, 0.05) is 12.8 Å². The molecule has 0 radical (unpaired) electrons. The molecule has 0 aliphatic rings. The smallest absolute Gasteiger partial charge is 0.462 e. The average Bonchev–Trinajstić information content (AvgIpc) is 3.21. The molecule has 1 unspecified atom stereocenters. The minimum absolute atomic E-state index is 0.0204. The maximum absolute atomic E-state index is 12.7. The lowest BCUT2D eigenvalue weighted by molar-refractivity contribution is -0.870. The number of rotatable bonds is 39. The fourth-order valence-electron chi connectivity index (χ4n) is 5.36. The Kier molecular flexibility index (Phi) is 38.1. The SMILES string of the molecule is CC/C=C\C[C@H](O)/C=C/C=C\C/C=C\C=C\[C@H](O)/C=C\CCCC(=O)O[C@H](COC(=O)CCC/C=C\C/C=C\C/C=C\CCCCCCCC)COP(=O)(O)OCC[N+](C)(C)C. The number of nitrogens with zero attached hydrogens (tertiary/aromatic N) is 1. The van der Waals surface area contributed by atoms with E-state index in [1.807, 2.05) is 69.8 Å². The van der Waals surface area contributed by atoms with Crippen LogP contribution in [0.3, 0.4) is 0 Å². The van der Waals surface area contributed by atoms with Gasteiger partial charge in [-0.05, 0) is 70.6 Å². The van der Waals surface area contributed by atoms with E-state index >= 15 is 0 Å². The van der Waals surface area contributed by atoms with Crippen LogP contribution in [0.25, 0.3) is 0 Å². The summed E-state index contributed by atoms with van der Waals surface area (Å²) < 4.78 is 34.1. The fourth-order valence-corrected chi connectivity index (χ4v) is 6.10. The Hall–Kier alpha value is -3.41. The van der Waals surface area contributed by atoms with Crippen molar-refractivity contribution in [2.45, 2.75) is 148 Å². The van der Waals surface area contributed by atoms with Crippen LogP contribution in [0.15, 0.2) is 109 Å². The zero-order valence-corrected chi connectivity index (χ0v) is 39.7. The van der Waals surface area contributed by atoms with Gasteiger partial charge in [-0.1, -0.05) is 155 Å². The van der Waals surface area contributed by atoms with Crippen molar-refractivity contribution in [1.29, 1.82) is 0 Å². The van der Waals surface area contributed by atoms with Crippen molar-refractivity contribution in [3.05, 3.63) is 109 Å². The Balaban J connectivity index is 4.70. The number of likely N-dealkylation sites (N-methyl/N-ethyl adjacent to an activating group) is 1. The molecule has 0 heterocycles. The van der Waals surface area contributed by atoms with Crippen molar-refractivity contribution in [1.82, 2.24) is 0 Å². The van der Waals surface area contributed by atoms with Crippen molar-refractivity contribution in [3.63, 3.8) is 0 Å². The summed E-state index contributed by atoms with van der Waals surface area (Å²) in [4.78, 5) is 35.4. The van der Waals surface area contributed by atoms with Gasteiger partial charge in [-0.25, -0.2) is 4.57 Å². The summed E-state index contributed by atoms with van der Waals surface area (Å²) in [5, 5.41) is 20.1. The molecule has 0 aromatic heterocycles. The molecule has 11 nitrogen and oxygen atoms in total. The van der Waals surface area contributed by atoms with Gasteiger partial charge in [-0.2, -0.15) is 0 Å². The lowest BCUT2D eigenvalue weighted by Crippen LogP contribution is -2.37. The van der Waals surface area contributed by atoms with Crippen LogP contribution in [0.1, 0.15) is 129 Å². The first-order chi connectivity index (χ1) is 29.8. The standard InChI is InChI=1S/C50H82NO10P/c1-6-8-10-11-12-13-14-15-16-17-18-19-20-21-25-28-34-40-49(54)58-44-48(45-60-62(56,57)59-43-42-51(3,4)5)61-50(55)41-35-29-33-39-47(53)38-32-27-24-22-23-26-31-37-46(52)36-30-9-7-2/h9,15-16,18-19,21,23-27,30-33,37-39,46-48,52-53H,6-8,10-14,17,20,22,28-29,34-36,40-45H2,1-5H3/p+1/b16-15-,19-18-,25-21-,26-23-,27-24-,30-9-,37-31+,38-32+,39-33-/t46-,47-,48+/m0/s1. The second kappa shape index (κ2) is 40.4. The van der Waals surface area contributed by atoms with Gasteiger partial charge in [0.25, 0.3) is 0 Å². The molecule has 0 fully saturated rings. The van der Waals surface area contributed by atoms with Gasteiger partial charge in [-0.15, -0.1) is 0 Å². The molecule has 0 bridgehead atoms. The molecule has 4 atom stereocenters. The number of esters is 2. The molecular weight excluding hydrogens is 806 g/mol. The van der Waals surface area contributed by atoms with Crippen LogP contribution in [0.4, 0.5) is 0 Å². The average molecular weight is 889 g/mol. The molecule has 0 saturated carbocycles. The number of hydrogen-bond donors (Lipinski definition) is 3. The van der Waals surface area contributed by atoms with Gasteiger partial charge in [0.2, 0.25) is 0 Å². The van der Waals surface area contributed by atoms with E-state index in [1.54, 1.807) is 30.4 Å². The molecular formula is C50H83NO10P+. The van der Waals surface area contributed by atoms with E-state index < -0.39 is 44.7 Å². The van der Waals surface area contributed by atoms with E-state index in [0.717, 1.165) is 25.7 Å². The predicted octanol–water partition coefficient (Wildman–Crippen LogP) is 11.1. The minimum Gasteiger partial charge on any atom is -0.462 e. The first-order valence-corrected chi connectivity index (χ1v) is 24.3. The Bertz CT molecular complexity index is 1450. The largest absolute Gasteiger partial charge is 0.472 e. The summed E-state index contributed by atoms with van der Waals surface area (Å²) in [6.07, 6.45) is 48.0. The molecule has 0 amide bonds. The topological polar surface area (TPSA) is 149 Å². The number of ether oxygens (including phenoxy) is 2. The number of aliphatic hydroxyl groups excluding tert-OH is 2. The molecule has 0 saturated heterocycles. The van der Waals surface area contributed by atoms with E-state index in [-0.39, 0.29) is 26.1 Å². The Morgan fingerprint density at radius 1 is 0.613 bits per heavy atom. The number of aliphatic hydroxyl groups is 2. The molecule has 352 valence electrons. The second-order valence-corrected chi connectivity index (χ2v) is 17.5. The molecule has 0 spiro atoms. The number of unbranched alkanes of at least 4 members (excludes halogenated alkanes) is 8.